The van der Waals surface area contributed by atoms with Gasteiger partial charge in [-0.15, -0.1) is 0 Å². The maximum absolute atomic E-state index is 3.69. The van der Waals surface area contributed by atoms with Gasteiger partial charge in [-0.1, -0.05) is 46.3 Å². The summed E-state index contributed by atoms with van der Waals surface area (Å²) in [6.07, 6.45) is 1.16. The van der Waals surface area contributed by atoms with Crippen LogP contribution in [0, 0.1) is 0 Å². The van der Waals surface area contributed by atoms with Gasteiger partial charge in [-0.25, -0.2) is 0 Å². The van der Waals surface area contributed by atoms with Crippen LogP contribution < -0.4 is 10.2 Å². The number of halogens is 2. The lowest BCUT2D eigenvalue weighted by Crippen LogP contribution is -2.31. The molecule has 1 atom stereocenters. The lowest BCUT2D eigenvalue weighted by molar-refractivity contribution is 0.570. The summed E-state index contributed by atoms with van der Waals surface area (Å²) in [4.78, 5) is 2.47. The Morgan fingerprint density at radius 3 is 2.62 bits per heavy atom. The van der Waals surface area contributed by atoms with Crippen LogP contribution in [0.5, 0.6) is 0 Å². The Morgan fingerprint density at radius 1 is 1.05 bits per heavy atom. The summed E-state index contributed by atoms with van der Waals surface area (Å²) in [5.41, 5.74) is 2.63. The fourth-order valence-electron chi connectivity index (χ4n) is 2.79. The second-order valence-electron chi connectivity index (χ2n) is 5.31. The van der Waals surface area contributed by atoms with Gasteiger partial charge in [0.05, 0.1) is 5.69 Å². The Hall–Kier alpha value is -0.840. The smallest absolute Gasteiger partial charge is 0.0512 e. The van der Waals surface area contributed by atoms with Crippen molar-refractivity contribution in [3.63, 3.8) is 0 Å². The van der Waals surface area contributed by atoms with E-state index in [2.05, 4.69) is 90.6 Å². The van der Waals surface area contributed by atoms with Gasteiger partial charge in [0.15, 0.2) is 0 Å². The van der Waals surface area contributed by atoms with Crippen molar-refractivity contribution in [1.82, 2.24) is 5.32 Å². The predicted molar refractivity (Wildman–Crippen MR) is 95.9 cm³/mol. The van der Waals surface area contributed by atoms with Crippen LogP contribution in [0.25, 0.3) is 0 Å². The zero-order valence-corrected chi connectivity index (χ0v) is 14.9. The zero-order chi connectivity index (χ0) is 14.7. The van der Waals surface area contributed by atoms with E-state index >= 15 is 0 Å². The third kappa shape index (κ3) is 3.68. The van der Waals surface area contributed by atoms with Crippen LogP contribution in [0.15, 0.2) is 57.5 Å². The molecule has 1 aliphatic heterocycles. The summed E-state index contributed by atoms with van der Waals surface area (Å²) in [7, 11) is 0. The Morgan fingerprint density at radius 2 is 1.86 bits per heavy atom. The summed E-state index contributed by atoms with van der Waals surface area (Å²) in [5.74, 6) is 0. The van der Waals surface area contributed by atoms with Crippen LogP contribution in [0.1, 0.15) is 18.0 Å². The molecule has 1 N–H and O–H groups in total. The maximum Gasteiger partial charge on any atom is 0.0512 e. The molecule has 4 heteroatoms. The first-order chi connectivity index (χ1) is 10.2. The predicted octanol–water partition coefficient (Wildman–Crippen LogP) is 4.75. The Bertz CT molecular complexity index is 601. The first-order valence-corrected chi connectivity index (χ1v) is 8.81. The molecule has 0 radical (unpaired) electrons. The summed E-state index contributed by atoms with van der Waals surface area (Å²) in [5, 5.41) is 3.66. The molecule has 0 spiro atoms. The third-order valence-electron chi connectivity index (χ3n) is 3.85. The molecule has 1 heterocycles. The minimum Gasteiger partial charge on any atom is -0.369 e. The lowest BCUT2D eigenvalue weighted by atomic mass is 10.1. The van der Waals surface area contributed by atoms with Gasteiger partial charge in [-0.2, -0.15) is 0 Å². The topological polar surface area (TPSA) is 15.3 Å². The minimum atomic E-state index is 0.379. The van der Waals surface area contributed by atoms with Crippen LogP contribution in [-0.4, -0.2) is 19.6 Å². The van der Waals surface area contributed by atoms with Crippen molar-refractivity contribution in [1.29, 1.82) is 0 Å². The number of nitrogens with one attached hydrogen (secondary N) is 1. The number of anilines is 1. The molecule has 0 bridgehead atoms. The van der Waals surface area contributed by atoms with Gasteiger partial charge in [0.1, 0.15) is 0 Å². The van der Waals surface area contributed by atoms with Crippen LogP contribution >= 0.6 is 31.9 Å². The van der Waals surface area contributed by atoms with Gasteiger partial charge >= 0.3 is 0 Å². The highest BCUT2D eigenvalue weighted by Gasteiger charge is 2.20. The highest BCUT2D eigenvalue weighted by molar-refractivity contribution is 9.11. The van der Waals surface area contributed by atoms with E-state index in [1.807, 2.05) is 0 Å². The minimum absolute atomic E-state index is 0.379. The van der Waals surface area contributed by atoms with E-state index in [0.29, 0.717) is 6.04 Å². The number of hydrogen-bond acceptors (Lipinski definition) is 2. The van der Waals surface area contributed by atoms with Crippen molar-refractivity contribution in [2.24, 2.45) is 0 Å². The number of hydrogen-bond donors (Lipinski definition) is 1. The largest absolute Gasteiger partial charge is 0.369 e. The Labute approximate surface area is 142 Å². The first kappa shape index (κ1) is 15.1. The molecular weight excluding hydrogens is 392 g/mol. The highest BCUT2D eigenvalue weighted by atomic mass is 79.9. The van der Waals surface area contributed by atoms with E-state index in [1.165, 1.54) is 11.3 Å². The van der Waals surface area contributed by atoms with Crippen LogP contribution in [0.2, 0.25) is 0 Å². The molecule has 1 aliphatic rings. The van der Waals surface area contributed by atoms with Crippen LogP contribution in [0.4, 0.5) is 5.69 Å². The van der Waals surface area contributed by atoms with E-state index in [-0.39, 0.29) is 0 Å². The van der Waals surface area contributed by atoms with Gasteiger partial charge in [0, 0.05) is 28.1 Å². The Balaban J connectivity index is 1.85. The normalized spacial score (nSPS) is 19.3. The molecule has 21 heavy (non-hydrogen) atoms. The van der Waals surface area contributed by atoms with Crippen molar-refractivity contribution in [2.45, 2.75) is 12.5 Å². The zero-order valence-electron chi connectivity index (χ0n) is 11.7. The molecule has 1 unspecified atom stereocenters. The fraction of sp³-hybridized carbons (Fsp3) is 0.294. The van der Waals surface area contributed by atoms with Crippen molar-refractivity contribution < 1.29 is 0 Å². The average Bonchev–Trinajstić information content (AvgIpc) is 2.74. The summed E-state index contributed by atoms with van der Waals surface area (Å²) in [6.45, 7) is 3.13. The monoisotopic (exact) mass is 408 g/mol. The molecule has 1 fully saturated rings. The second kappa shape index (κ2) is 6.95. The van der Waals surface area contributed by atoms with Gasteiger partial charge < -0.3 is 10.2 Å². The van der Waals surface area contributed by atoms with Crippen molar-refractivity contribution in [3.8, 4) is 0 Å². The highest BCUT2D eigenvalue weighted by Crippen LogP contribution is 2.31. The van der Waals surface area contributed by atoms with Crippen LogP contribution in [-0.2, 0) is 0 Å². The summed E-state index contributed by atoms with van der Waals surface area (Å²) >= 11 is 7.22. The van der Waals surface area contributed by atoms with E-state index in [4.69, 9.17) is 0 Å². The van der Waals surface area contributed by atoms with Gasteiger partial charge in [-0.05, 0) is 52.7 Å². The Kier molecular flexibility index (Phi) is 4.99. The van der Waals surface area contributed by atoms with Crippen LogP contribution in [0.3, 0.4) is 0 Å². The molecule has 2 aromatic rings. The third-order valence-corrected chi connectivity index (χ3v) is 4.98. The maximum atomic E-state index is 3.69. The number of nitrogens with zero attached hydrogens (tertiary/aromatic N) is 1. The van der Waals surface area contributed by atoms with Crippen molar-refractivity contribution in [3.05, 3.63) is 63.0 Å². The van der Waals surface area contributed by atoms with E-state index in [1.54, 1.807) is 0 Å². The van der Waals surface area contributed by atoms with E-state index < -0.39 is 0 Å². The summed E-state index contributed by atoms with van der Waals surface area (Å²) in [6, 6.07) is 17.5. The number of rotatable bonds is 2. The fourth-order valence-corrected chi connectivity index (χ4v) is 4.09. The molecule has 0 aliphatic carbocycles. The molecule has 2 aromatic carbocycles. The molecule has 110 valence electrons. The molecule has 0 amide bonds. The SMILES string of the molecule is Brc1ccc(N2CCCNC(c3ccccc3)C2)c(Br)c1. The molecular formula is C17H18Br2N2. The quantitative estimate of drug-likeness (QED) is 0.769. The first-order valence-electron chi connectivity index (χ1n) is 7.22. The van der Waals surface area contributed by atoms with Gasteiger partial charge in [0.25, 0.3) is 0 Å². The van der Waals surface area contributed by atoms with Gasteiger partial charge in [-0.3, -0.25) is 0 Å². The molecule has 0 aromatic heterocycles. The molecule has 1 saturated heterocycles. The molecule has 2 nitrogen and oxygen atoms in total. The summed E-state index contributed by atoms with van der Waals surface area (Å²) < 4.78 is 2.25. The second-order valence-corrected chi connectivity index (χ2v) is 7.08. The number of benzene rings is 2. The van der Waals surface area contributed by atoms with E-state index in [9.17, 15) is 0 Å². The molecule has 3 rings (SSSR count). The average molecular weight is 410 g/mol. The van der Waals surface area contributed by atoms with Gasteiger partial charge in [0.2, 0.25) is 0 Å². The van der Waals surface area contributed by atoms with Crippen molar-refractivity contribution >= 4 is 37.5 Å². The standard InChI is InChI=1S/C17H18Br2N2/c18-14-7-8-17(15(19)11-14)21-10-4-9-20-16(12-21)13-5-2-1-3-6-13/h1-3,5-8,11,16,20H,4,9-10,12H2. The van der Waals surface area contributed by atoms with E-state index in [0.717, 1.165) is 35.0 Å². The molecule has 0 saturated carbocycles. The lowest BCUT2D eigenvalue weighted by Gasteiger charge is -2.27. The van der Waals surface area contributed by atoms with Crippen molar-refractivity contribution in [2.75, 3.05) is 24.5 Å².